The summed E-state index contributed by atoms with van der Waals surface area (Å²) in [5, 5.41) is 4.16. The van der Waals surface area contributed by atoms with Gasteiger partial charge in [-0.1, -0.05) is 25.4 Å². The molecule has 1 aliphatic carbocycles. The van der Waals surface area contributed by atoms with Crippen LogP contribution in [-0.4, -0.2) is 40.4 Å². The van der Waals surface area contributed by atoms with Crippen LogP contribution in [0.5, 0.6) is 5.75 Å². The van der Waals surface area contributed by atoms with E-state index < -0.39 is 0 Å². The molecule has 2 unspecified atom stereocenters. The van der Waals surface area contributed by atoms with Gasteiger partial charge in [0.2, 0.25) is 11.8 Å². The quantitative estimate of drug-likeness (QED) is 0.442. The number of amides is 2. The summed E-state index contributed by atoms with van der Waals surface area (Å²) in [6.07, 6.45) is 3.96. The topological polar surface area (TPSA) is 71.5 Å². The van der Waals surface area contributed by atoms with Crippen molar-refractivity contribution in [3.8, 4) is 16.9 Å². The first-order valence-corrected chi connectivity index (χ1v) is 13.8. The van der Waals surface area contributed by atoms with Gasteiger partial charge in [-0.3, -0.25) is 19.5 Å². The molecule has 8 heteroatoms. The van der Waals surface area contributed by atoms with E-state index in [1.165, 1.54) is 4.90 Å². The predicted octanol–water partition coefficient (Wildman–Crippen LogP) is 5.59. The van der Waals surface area contributed by atoms with Crippen LogP contribution in [0.3, 0.4) is 0 Å². The van der Waals surface area contributed by atoms with E-state index in [9.17, 15) is 9.59 Å². The van der Waals surface area contributed by atoms with E-state index in [0.717, 1.165) is 56.9 Å². The number of hydrogen-bond donors (Lipinski definition) is 1. The smallest absolute Gasteiger partial charge is 0.234 e. The second-order valence-electron chi connectivity index (χ2n) is 11.0. The number of benzene rings is 1. The van der Waals surface area contributed by atoms with Crippen LogP contribution < -0.4 is 10.1 Å². The summed E-state index contributed by atoms with van der Waals surface area (Å²) >= 11 is 8.10. The fraction of sp³-hybridized carbons (Fsp3) is 0.464. The molecule has 4 atom stereocenters. The van der Waals surface area contributed by atoms with E-state index in [4.69, 9.17) is 16.3 Å². The van der Waals surface area contributed by atoms with Crippen molar-refractivity contribution in [2.45, 2.75) is 59.2 Å². The molecule has 1 aromatic carbocycles. The second-order valence-corrected chi connectivity index (χ2v) is 12.5. The number of halogens is 1. The van der Waals surface area contributed by atoms with Crippen LogP contribution in [0.2, 0.25) is 5.02 Å². The van der Waals surface area contributed by atoms with Crippen LogP contribution in [0.1, 0.15) is 44.1 Å². The number of rotatable bonds is 5. The number of imide groups is 1. The molecular weight excluding hydrogens is 494 g/mol. The Labute approximate surface area is 220 Å². The Morgan fingerprint density at radius 2 is 1.94 bits per heavy atom. The van der Waals surface area contributed by atoms with E-state index >= 15 is 0 Å². The lowest BCUT2D eigenvalue weighted by atomic mass is 10.00. The van der Waals surface area contributed by atoms with E-state index in [1.807, 2.05) is 45.0 Å². The van der Waals surface area contributed by atoms with Gasteiger partial charge in [-0.2, -0.15) is 0 Å². The van der Waals surface area contributed by atoms with E-state index in [1.54, 1.807) is 17.5 Å². The number of nitrogens with one attached hydrogen (secondary N) is 1. The number of fused-ring (bicyclic) bond motifs is 2. The SMILES string of the molecule is Cc1cc(Cl)cc(-c2ccnc3cc(CN4C(=O)C5C(C4=O)C5(C)C)sc23)c1O[C@H]1CCCN[C@H]1C. The molecule has 2 amide bonds. The van der Waals surface area contributed by atoms with E-state index in [2.05, 4.69) is 17.2 Å². The summed E-state index contributed by atoms with van der Waals surface area (Å²) in [6.45, 7) is 9.50. The van der Waals surface area contributed by atoms with Crippen molar-refractivity contribution in [2.75, 3.05) is 6.54 Å². The molecule has 3 fully saturated rings. The predicted molar refractivity (Wildman–Crippen MR) is 142 cm³/mol. The average Bonchev–Trinajstić information content (AvgIpc) is 3.08. The van der Waals surface area contributed by atoms with Gasteiger partial charge in [0.05, 0.1) is 28.6 Å². The number of piperidine rings is 2. The minimum atomic E-state index is -0.203. The Balaban J connectivity index is 1.36. The van der Waals surface area contributed by atoms with Crippen molar-refractivity contribution in [1.82, 2.24) is 15.2 Å². The first-order chi connectivity index (χ1) is 17.2. The summed E-state index contributed by atoms with van der Waals surface area (Å²) in [7, 11) is 0. The van der Waals surface area contributed by atoms with Crippen molar-refractivity contribution < 1.29 is 14.3 Å². The molecule has 1 saturated carbocycles. The maximum absolute atomic E-state index is 12.9. The van der Waals surface area contributed by atoms with Crippen LogP contribution in [0, 0.1) is 24.2 Å². The normalized spacial score (nSPS) is 27.0. The number of carbonyl (C=O) groups is 2. The summed E-state index contributed by atoms with van der Waals surface area (Å²) in [5.74, 6) is 0.418. The van der Waals surface area contributed by atoms with Crippen molar-refractivity contribution in [3.05, 3.63) is 45.9 Å². The molecule has 4 heterocycles. The highest BCUT2D eigenvalue weighted by molar-refractivity contribution is 7.19. The monoisotopic (exact) mass is 523 g/mol. The zero-order valence-electron chi connectivity index (χ0n) is 20.9. The van der Waals surface area contributed by atoms with Crippen LogP contribution in [0.25, 0.3) is 21.3 Å². The Morgan fingerprint density at radius 3 is 2.67 bits per heavy atom. The number of likely N-dealkylation sites (tertiary alicyclic amines) is 1. The third-order valence-corrected chi connectivity index (χ3v) is 9.52. The fourth-order valence-electron chi connectivity index (χ4n) is 6.01. The lowest BCUT2D eigenvalue weighted by molar-refractivity contribution is -0.143. The van der Waals surface area contributed by atoms with Crippen molar-refractivity contribution in [1.29, 1.82) is 0 Å². The molecule has 0 spiro atoms. The summed E-state index contributed by atoms with van der Waals surface area (Å²) in [4.78, 5) is 32.7. The van der Waals surface area contributed by atoms with Crippen molar-refractivity contribution in [2.24, 2.45) is 17.3 Å². The van der Waals surface area contributed by atoms with Gasteiger partial charge in [0.15, 0.2) is 0 Å². The average molecular weight is 524 g/mol. The maximum atomic E-state index is 12.9. The van der Waals surface area contributed by atoms with Crippen LogP contribution in [-0.2, 0) is 16.1 Å². The molecule has 2 saturated heterocycles. The van der Waals surface area contributed by atoms with Crippen LogP contribution >= 0.6 is 22.9 Å². The van der Waals surface area contributed by atoms with Crippen LogP contribution in [0.15, 0.2) is 30.5 Å². The lowest BCUT2D eigenvalue weighted by Crippen LogP contribution is -2.45. The maximum Gasteiger partial charge on any atom is 0.234 e. The van der Waals surface area contributed by atoms with Gasteiger partial charge in [0.25, 0.3) is 0 Å². The molecule has 2 aromatic heterocycles. The Bertz CT molecular complexity index is 1380. The minimum Gasteiger partial charge on any atom is -0.488 e. The standard InChI is InChI=1S/C28H30ClN3O3S/c1-14-10-16(29)11-19(24(14)35-21-6-5-8-30-15(21)2)18-7-9-31-20-12-17(36-25(18)20)13-32-26(33)22-23(27(32)34)28(22,3)4/h7,9-12,15,21-23,30H,5-6,8,13H2,1-4H3/t15-,21-,22?,23?/m0/s1. The number of ether oxygens (including phenoxy) is 1. The van der Waals surface area contributed by atoms with Crippen molar-refractivity contribution in [3.63, 3.8) is 0 Å². The number of aromatic nitrogens is 1. The van der Waals surface area contributed by atoms with E-state index in [0.29, 0.717) is 11.6 Å². The molecule has 3 aromatic rings. The summed E-state index contributed by atoms with van der Waals surface area (Å²) in [5.41, 5.74) is 3.57. The van der Waals surface area contributed by atoms with Crippen molar-refractivity contribution >= 4 is 45.0 Å². The molecule has 36 heavy (non-hydrogen) atoms. The first-order valence-electron chi connectivity index (χ1n) is 12.6. The fourth-order valence-corrected chi connectivity index (χ4v) is 7.41. The number of pyridine rings is 1. The highest BCUT2D eigenvalue weighted by atomic mass is 35.5. The minimum absolute atomic E-state index is 0.0444. The molecule has 2 aliphatic heterocycles. The zero-order chi connectivity index (χ0) is 25.4. The molecule has 1 N–H and O–H groups in total. The van der Waals surface area contributed by atoms with Crippen LogP contribution in [0.4, 0.5) is 0 Å². The number of carbonyl (C=O) groups excluding carboxylic acids is 2. The Hall–Kier alpha value is -2.48. The summed E-state index contributed by atoms with van der Waals surface area (Å²) in [6, 6.07) is 8.15. The highest BCUT2D eigenvalue weighted by Crippen LogP contribution is 2.63. The van der Waals surface area contributed by atoms with Gasteiger partial charge in [0, 0.05) is 33.3 Å². The number of hydrogen-bond acceptors (Lipinski definition) is 6. The van der Waals surface area contributed by atoms with Gasteiger partial charge in [-0.05, 0) is 68.5 Å². The Morgan fingerprint density at radius 1 is 1.19 bits per heavy atom. The number of thiophene rings is 1. The van der Waals surface area contributed by atoms with Gasteiger partial charge in [-0.15, -0.1) is 11.3 Å². The molecule has 188 valence electrons. The number of aryl methyl sites for hydroxylation is 1. The zero-order valence-corrected chi connectivity index (χ0v) is 22.5. The summed E-state index contributed by atoms with van der Waals surface area (Å²) < 4.78 is 7.63. The molecule has 3 aliphatic rings. The molecule has 6 rings (SSSR count). The molecule has 0 bridgehead atoms. The second kappa shape index (κ2) is 8.54. The molecule has 6 nitrogen and oxygen atoms in total. The first kappa shape index (κ1) is 23.9. The third kappa shape index (κ3) is 3.75. The van der Waals surface area contributed by atoms with E-state index in [-0.39, 0.29) is 41.2 Å². The molecular formula is C28H30ClN3O3S. The van der Waals surface area contributed by atoms with Gasteiger partial charge in [0.1, 0.15) is 11.9 Å². The van der Waals surface area contributed by atoms with Gasteiger partial charge < -0.3 is 10.1 Å². The third-order valence-electron chi connectivity index (χ3n) is 8.16. The van der Waals surface area contributed by atoms with Gasteiger partial charge in [-0.25, -0.2) is 0 Å². The highest BCUT2D eigenvalue weighted by Gasteiger charge is 2.72. The lowest BCUT2D eigenvalue weighted by Gasteiger charge is -2.31. The molecule has 0 radical (unpaired) electrons. The number of nitrogens with zero attached hydrogens (tertiary/aromatic N) is 2. The Kier molecular flexibility index (Phi) is 5.67. The van der Waals surface area contributed by atoms with Gasteiger partial charge >= 0.3 is 0 Å². The largest absolute Gasteiger partial charge is 0.488 e.